The quantitative estimate of drug-likeness (QED) is 0.595. The lowest BCUT2D eigenvalue weighted by molar-refractivity contribution is -0.0281. The fraction of sp³-hybridized carbons (Fsp3) is 0.500. The van der Waals surface area contributed by atoms with Gasteiger partial charge in [0, 0.05) is 69.1 Å². The highest BCUT2D eigenvalue weighted by Crippen LogP contribution is 2.38. The van der Waals surface area contributed by atoms with Gasteiger partial charge in [-0.3, -0.25) is 19.7 Å². The monoisotopic (exact) mass is 541 g/mol. The van der Waals surface area contributed by atoms with E-state index in [1.807, 2.05) is 19.1 Å². The molecule has 5 rings (SSSR count). The van der Waals surface area contributed by atoms with Gasteiger partial charge in [-0.25, -0.2) is 4.99 Å². The molecule has 1 atom stereocenters. The van der Waals surface area contributed by atoms with Crippen LogP contribution in [0.25, 0.3) is 5.57 Å². The Labute approximate surface area is 226 Å². The maximum Gasteiger partial charge on any atom is 0.286 e. The number of pyridine rings is 2. The van der Waals surface area contributed by atoms with Gasteiger partial charge in [-0.15, -0.1) is 0 Å². The molecule has 1 amide bonds. The van der Waals surface area contributed by atoms with Crippen LogP contribution in [0.5, 0.6) is 0 Å². The molecule has 3 aliphatic rings. The van der Waals surface area contributed by atoms with Crippen molar-refractivity contribution in [2.45, 2.75) is 50.8 Å². The number of amides is 1. The molecule has 2 fully saturated rings. The van der Waals surface area contributed by atoms with E-state index >= 15 is 0 Å². The lowest BCUT2D eigenvalue weighted by atomic mass is 9.88. The third kappa shape index (κ3) is 6.00. The largest absolute Gasteiger partial charge is 0.475 e. The van der Waals surface area contributed by atoms with Crippen LogP contribution in [0.4, 0.5) is 8.78 Å². The number of carbonyl (C=O) groups is 1. The van der Waals surface area contributed by atoms with Gasteiger partial charge in [-0.05, 0) is 36.3 Å². The standard InChI is InChI=1S/C28H33F2N5O4/c1-19-23(21-4-3-8-31-18-21)17-28(35-10-14-38-15-11-35,26(33-19)39-22-6-12-37-13-7-22)34-25(36)20-5-9-32-24(16-20)27(2,29)30/h3-5,8-9,16,18,22H,6-7,10-15,17H2,1-2H3,(H,34,36). The van der Waals surface area contributed by atoms with Crippen molar-refractivity contribution in [1.29, 1.82) is 0 Å². The number of aromatic nitrogens is 2. The zero-order valence-corrected chi connectivity index (χ0v) is 22.2. The van der Waals surface area contributed by atoms with Crippen LogP contribution < -0.4 is 5.32 Å². The number of aliphatic imine (C=N–C) groups is 1. The highest BCUT2D eigenvalue weighted by Gasteiger charge is 2.49. The van der Waals surface area contributed by atoms with Crippen LogP contribution >= 0.6 is 0 Å². The molecule has 3 aliphatic heterocycles. The first-order chi connectivity index (χ1) is 18.8. The number of hydrogen-bond acceptors (Lipinski definition) is 8. The molecule has 0 saturated carbocycles. The van der Waals surface area contributed by atoms with E-state index < -0.39 is 23.2 Å². The van der Waals surface area contributed by atoms with E-state index in [4.69, 9.17) is 19.2 Å². The van der Waals surface area contributed by atoms with Crippen molar-refractivity contribution in [1.82, 2.24) is 20.2 Å². The van der Waals surface area contributed by atoms with Gasteiger partial charge >= 0.3 is 0 Å². The van der Waals surface area contributed by atoms with Crippen LogP contribution in [0, 0.1) is 0 Å². The average molecular weight is 542 g/mol. The molecule has 2 aromatic heterocycles. The van der Waals surface area contributed by atoms with Crippen molar-refractivity contribution in [3.05, 3.63) is 65.4 Å². The van der Waals surface area contributed by atoms with Gasteiger partial charge in [-0.1, -0.05) is 6.07 Å². The number of hydrogen-bond donors (Lipinski definition) is 1. The molecular formula is C28H33F2N5O4. The van der Waals surface area contributed by atoms with Crippen LogP contribution in [0.1, 0.15) is 54.7 Å². The zero-order chi connectivity index (χ0) is 27.5. The minimum absolute atomic E-state index is 0.0776. The molecular weight excluding hydrogens is 508 g/mol. The highest BCUT2D eigenvalue weighted by atomic mass is 19.3. The Hall–Kier alpha value is -3.28. The van der Waals surface area contributed by atoms with E-state index in [0.29, 0.717) is 64.7 Å². The maximum atomic E-state index is 14.0. The van der Waals surface area contributed by atoms with Crippen molar-refractivity contribution in [3.8, 4) is 0 Å². The Morgan fingerprint density at radius 2 is 1.90 bits per heavy atom. The second kappa shape index (κ2) is 11.4. The summed E-state index contributed by atoms with van der Waals surface area (Å²) >= 11 is 0. The molecule has 0 spiro atoms. The van der Waals surface area contributed by atoms with Gasteiger partial charge in [0.15, 0.2) is 5.66 Å². The summed E-state index contributed by atoms with van der Waals surface area (Å²) in [5.41, 5.74) is 0.978. The lowest BCUT2D eigenvalue weighted by Crippen LogP contribution is -2.69. The van der Waals surface area contributed by atoms with Crippen LogP contribution in [-0.2, 0) is 20.1 Å². The summed E-state index contributed by atoms with van der Waals surface area (Å²) in [6.07, 6.45) is 6.31. The third-order valence-corrected chi connectivity index (χ3v) is 7.29. The predicted molar refractivity (Wildman–Crippen MR) is 140 cm³/mol. The second-order valence-electron chi connectivity index (χ2n) is 10.1. The van der Waals surface area contributed by atoms with Gasteiger partial charge in [0.1, 0.15) is 11.8 Å². The number of nitrogens with one attached hydrogen (secondary N) is 1. The zero-order valence-electron chi connectivity index (χ0n) is 22.2. The van der Waals surface area contributed by atoms with Crippen molar-refractivity contribution in [2.75, 3.05) is 39.5 Å². The molecule has 39 heavy (non-hydrogen) atoms. The Bertz CT molecular complexity index is 1240. The average Bonchev–Trinajstić information content (AvgIpc) is 2.95. The molecule has 5 heterocycles. The van der Waals surface area contributed by atoms with E-state index in [2.05, 4.69) is 20.2 Å². The first-order valence-corrected chi connectivity index (χ1v) is 13.2. The van der Waals surface area contributed by atoms with Gasteiger partial charge < -0.3 is 19.5 Å². The van der Waals surface area contributed by atoms with Gasteiger partial charge in [0.25, 0.3) is 11.8 Å². The molecule has 2 saturated heterocycles. The van der Waals surface area contributed by atoms with E-state index in [0.717, 1.165) is 29.8 Å². The minimum Gasteiger partial charge on any atom is -0.475 e. The van der Waals surface area contributed by atoms with E-state index in [9.17, 15) is 13.6 Å². The SMILES string of the molecule is CC1=C(c2cccnc2)CC(NC(=O)c2ccnc(C(C)(F)F)c2)(N2CCOCC2)C(OC2CCOCC2)=N1. The van der Waals surface area contributed by atoms with Gasteiger partial charge in [0.05, 0.1) is 26.4 Å². The number of morpholine rings is 1. The second-order valence-corrected chi connectivity index (χ2v) is 10.1. The van der Waals surface area contributed by atoms with E-state index in [1.165, 1.54) is 12.3 Å². The number of alkyl halides is 2. The first kappa shape index (κ1) is 27.3. The Kier molecular flexibility index (Phi) is 8.01. The Morgan fingerprint density at radius 1 is 1.15 bits per heavy atom. The molecule has 1 N–H and O–H groups in total. The number of allylic oxidation sites excluding steroid dienone is 1. The summed E-state index contributed by atoms with van der Waals surface area (Å²) in [6.45, 7) is 5.80. The normalized spacial score (nSPS) is 23.3. The van der Waals surface area contributed by atoms with E-state index in [-0.39, 0.29) is 11.7 Å². The summed E-state index contributed by atoms with van der Waals surface area (Å²) in [7, 11) is 0. The molecule has 11 heteroatoms. The number of halogens is 2. The summed E-state index contributed by atoms with van der Waals surface area (Å²) in [4.78, 5) is 28.9. The van der Waals surface area contributed by atoms with Crippen LogP contribution in [0.2, 0.25) is 0 Å². The molecule has 9 nitrogen and oxygen atoms in total. The minimum atomic E-state index is -3.19. The van der Waals surface area contributed by atoms with Crippen LogP contribution in [0.15, 0.2) is 53.5 Å². The summed E-state index contributed by atoms with van der Waals surface area (Å²) < 4.78 is 45.8. The van der Waals surface area contributed by atoms with Gasteiger partial charge in [-0.2, -0.15) is 8.78 Å². The van der Waals surface area contributed by atoms with Crippen LogP contribution in [-0.4, -0.2) is 78.0 Å². The molecule has 0 radical (unpaired) electrons. The maximum absolute atomic E-state index is 14.0. The topological polar surface area (TPSA) is 98.2 Å². The summed E-state index contributed by atoms with van der Waals surface area (Å²) in [5, 5.41) is 3.17. The summed E-state index contributed by atoms with van der Waals surface area (Å²) in [6, 6.07) is 6.37. The molecule has 0 bridgehead atoms. The Morgan fingerprint density at radius 3 is 2.59 bits per heavy atom. The number of ether oxygens (including phenoxy) is 3. The first-order valence-electron chi connectivity index (χ1n) is 13.2. The number of rotatable bonds is 6. The lowest BCUT2D eigenvalue weighted by Gasteiger charge is -2.48. The van der Waals surface area contributed by atoms with Crippen molar-refractivity contribution in [2.24, 2.45) is 4.99 Å². The molecule has 2 aromatic rings. The third-order valence-electron chi connectivity index (χ3n) is 7.29. The van der Waals surface area contributed by atoms with Crippen molar-refractivity contribution >= 4 is 17.4 Å². The fourth-order valence-electron chi connectivity index (χ4n) is 5.14. The van der Waals surface area contributed by atoms with Crippen molar-refractivity contribution < 1.29 is 27.8 Å². The number of carbonyl (C=O) groups excluding carboxylic acids is 1. The Balaban J connectivity index is 1.58. The summed E-state index contributed by atoms with van der Waals surface area (Å²) in [5.74, 6) is -3.33. The van der Waals surface area contributed by atoms with Gasteiger partial charge in [0.2, 0.25) is 5.90 Å². The predicted octanol–water partition coefficient (Wildman–Crippen LogP) is 3.78. The van der Waals surface area contributed by atoms with Crippen molar-refractivity contribution in [3.63, 3.8) is 0 Å². The fourth-order valence-corrected chi connectivity index (χ4v) is 5.14. The highest BCUT2D eigenvalue weighted by molar-refractivity contribution is 6.01. The van der Waals surface area contributed by atoms with E-state index in [1.54, 1.807) is 12.4 Å². The molecule has 208 valence electrons. The molecule has 0 aromatic carbocycles. The number of nitrogens with zero attached hydrogens (tertiary/aromatic N) is 4. The molecule has 1 unspecified atom stereocenters. The molecule has 0 aliphatic carbocycles. The van der Waals surface area contributed by atoms with Crippen LogP contribution in [0.3, 0.4) is 0 Å². The smallest absolute Gasteiger partial charge is 0.286 e.